The smallest absolute Gasteiger partial charge is 0.249 e. The third-order valence-corrected chi connectivity index (χ3v) is 1.83. The van der Waals surface area contributed by atoms with Crippen molar-refractivity contribution >= 4 is 5.91 Å². The Labute approximate surface area is 81.2 Å². The Hall–Kier alpha value is -1.46. The van der Waals surface area contributed by atoms with Crippen molar-refractivity contribution in [2.75, 3.05) is 0 Å². The molecule has 0 saturated heterocycles. The number of pyridine rings is 1. The number of hydrogen-bond donors (Lipinski definition) is 3. The van der Waals surface area contributed by atoms with Gasteiger partial charge in [-0.3, -0.25) is 9.78 Å². The molecule has 1 aromatic rings. The van der Waals surface area contributed by atoms with Crippen LogP contribution in [-0.4, -0.2) is 27.2 Å². The molecule has 0 aromatic carbocycles. The number of aromatic nitrogens is 1. The van der Waals surface area contributed by atoms with E-state index in [1.54, 1.807) is 19.2 Å². The van der Waals surface area contributed by atoms with Crippen molar-refractivity contribution in [1.82, 2.24) is 4.98 Å². The first-order valence-electron chi connectivity index (χ1n) is 4.09. The predicted octanol–water partition coefficient (Wildman–Crippen LogP) is -0.730. The predicted molar refractivity (Wildman–Crippen MR) is 49.1 cm³/mol. The topological polar surface area (TPSA) is 96.4 Å². The Morgan fingerprint density at radius 2 is 2.14 bits per heavy atom. The summed E-state index contributed by atoms with van der Waals surface area (Å²) in [6, 6.07) is 1.63. The first-order chi connectivity index (χ1) is 6.52. The molecule has 0 bridgehead atoms. The lowest BCUT2D eigenvalue weighted by molar-refractivity contribution is -0.131. The van der Waals surface area contributed by atoms with Gasteiger partial charge in [-0.2, -0.15) is 0 Å². The molecule has 1 rings (SSSR count). The fourth-order valence-electron chi connectivity index (χ4n) is 1.08. The second-order valence-corrected chi connectivity index (χ2v) is 3.09. The highest BCUT2D eigenvalue weighted by molar-refractivity contribution is 5.79. The maximum atomic E-state index is 10.6. The largest absolute Gasteiger partial charge is 0.385 e. The molecule has 0 aliphatic heterocycles. The van der Waals surface area contributed by atoms with Crippen LogP contribution in [-0.2, 0) is 4.79 Å². The van der Waals surface area contributed by atoms with Gasteiger partial charge in [-0.25, -0.2) is 0 Å². The van der Waals surface area contributed by atoms with E-state index in [4.69, 9.17) is 5.73 Å². The lowest BCUT2D eigenvalue weighted by Crippen LogP contribution is -2.33. The molecule has 0 saturated carbocycles. The van der Waals surface area contributed by atoms with E-state index in [9.17, 15) is 15.0 Å². The number of nitrogens with two attached hydrogens (primary N) is 1. The number of primary amides is 1. The van der Waals surface area contributed by atoms with Crippen molar-refractivity contribution in [3.8, 4) is 0 Å². The zero-order chi connectivity index (χ0) is 10.7. The number of carbonyl (C=O) groups is 1. The van der Waals surface area contributed by atoms with Crippen LogP contribution in [0.3, 0.4) is 0 Å². The van der Waals surface area contributed by atoms with Crippen LogP contribution in [0.5, 0.6) is 0 Å². The molecule has 0 radical (unpaired) electrons. The second-order valence-electron chi connectivity index (χ2n) is 3.09. The van der Waals surface area contributed by atoms with Crippen LogP contribution in [0.15, 0.2) is 18.5 Å². The van der Waals surface area contributed by atoms with E-state index < -0.39 is 18.1 Å². The van der Waals surface area contributed by atoms with Crippen LogP contribution >= 0.6 is 0 Å². The molecule has 1 heterocycles. The second kappa shape index (κ2) is 4.17. The minimum Gasteiger partial charge on any atom is -0.385 e. The van der Waals surface area contributed by atoms with E-state index in [0.717, 1.165) is 5.56 Å². The number of amides is 1. The van der Waals surface area contributed by atoms with E-state index >= 15 is 0 Å². The average molecular weight is 196 g/mol. The third kappa shape index (κ3) is 2.27. The molecule has 0 spiro atoms. The van der Waals surface area contributed by atoms with Crippen LogP contribution in [0.25, 0.3) is 0 Å². The molecular weight excluding hydrogens is 184 g/mol. The SMILES string of the molecule is Cc1cncc(C(O)C(O)C(N)=O)c1. The van der Waals surface area contributed by atoms with Gasteiger partial charge in [0.15, 0.2) is 6.10 Å². The summed E-state index contributed by atoms with van der Waals surface area (Å²) in [6.07, 6.45) is 0.0648. The van der Waals surface area contributed by atoms with E-state index in [0.29, 0.717) is 5.56 Å². The number of nitrogens with zero attached hydrogens (tertiary/aromatic N) is 1. The number of hydrogen-bond acceptors (Lipinski definition) is 4. The molecule has 2 atom stereocenters. The highest BCUT2D eigenvalue weighted by Gasteiger charge is 2.23. The molecule has 4 N–H and O–H groups in total. The molecule has 14 heavy (non-hydrogen) atoms. The van der Waals surface area contributed by atoms with Gasteiger partial charge >= 0.3 is 0 Å². The van der Waals surface area contributed by atoms with E-state index in [-0.39, 0.29) is 0 Å². The summed E-state index contributed by atoms with van der Waals surface area (Å²) < 4.78 is 0. The number of carbonyl (C=O) groups excluding carboxylic acids is 1. The summed E-state index contributed by atoms with van der Waals surface area (Å²) in [7, 11) is 0. The minimum absolute atomic E-state index is 0.372. The summed E-state index contributed by atoms with van der Waals surface area (Å²) in [5.74, 6) is -0.959. The van der Waals surface area contributed by atoms with Crippen molar-refractivity contribution in [2.24, 2.45) is 5.73 Å². The Bertz CT molecular complexity index is 341. The van der Waals surface area contributed by atoms with E-state index in [1.807, 2.05) is 0 Å². The molecule has 2 unspecified atom stereocenters. The number of aliphatic hydroxyl groups is 2. The van der Waals surface area contributed by atoms with E-state index in [1.165, 1.54) is 6.20 Å². The Morgan fingerprint density at radius 3 is 2.64 bits per heavy atom. The molecule has 0 fully saturated rings. The summed E-state index contributed by atoms with van der Waals surface area (Å²) in [5, 5.41) is 18.7. The summed E-state index contributed by atoms with van der Waals surface area (Å²) >= 11 is 0. The lowest BCUT2D eigenvalue weighted by Gasteiger charge is -2.14. The molecule has 0 aliphatic carbocycles. The van der Waals surface area contributed by atoms with Gasteiger partial charge in [0.25, 0.3) is 0 Å². The van der Waals surface area contributed by atoms with Crippen molar-refractivity contribution in [3.63, 3.8) is 0 Å². The number of aryl methyl sites for hydroxylation is 1. The summed E-state index contributed by atoms with van der Waals surface area (Å²) in [6.45, 7) is 1.79. The fraction of sp³-hybridized carbons (Fsp3) is 0.333. The maximum Gasteiger partial charge on any atom is 0.249 e. The van der Waals surface area contributed by atoms with Gasteiger partial charge in [0.2, 0.25) is 5.91 Å². The van der Waals surface area contributed by atoms with Crippen molar-refractivity contribution in [3.05, 3.63) is 29.6 Å². The summed E-state index contributed by atoms with van der Waals surface area (Å²) in [5.41, 5.74) is 6.05. The molecule has 0 aliphatic rings. The zero-order valence-electron chi connectivity index (χ0n) is 7.71. The third-order valence-electron chi connectivity index (χ3n) is 1.83. The molecule has 5 heteroatoms. The first kappa shape index (κ1) is 10.6. The maximum absolute atomic E-state index is 10.6. The molecule has 76 valence electrons. The molecule has 1 amide bonds. The van der Waals surface area contributed by atoms with Crippen LogP contribution in [0.1, 0.15) is 17.2 Å². The van der Waals surface area contributed by atoms with Crippen LogP contribution in [0.2, 0.25) is 0 Å². The van der Waals surface area contributed by atoms with Crippen molar-refractivity contribution < 1.29 is 15.0 Å². The number of rotatable bonds is 3. The van der Waals surface area contributed by atoms with Gasteiger partial charge in [-0.15, -0.1) is 0 Å². The van der Waals surface area contributed by atoms with Crippen LogP contribution < -0.4 is 5.73 Å². The quantitative estimate of drug-likeness (QED) is 0.593. The normalized spacial score (nSPS) is 14.8. The highest BCUT2D eigenvalue weighted by atomic mass is 16.3. The first-order valence-corrected chi connectivity index (χ1v) is 4.09. The van der Waals surface area contributed by atoms with Crippen molar-refractivity contribution in [2.45, 2.75) is 19.1 Å². The van der Waals surface area contributed by atoms with Crippen molar-refractivity contribution in [1.29, 1.82) is 0 Å². The minimum atomic E-state index is -1.60. The average Bonchev–Trinajstić information content (AvgIpc) is 2.15. The van der Waals surface area contributed by atoms with Gasteiger partial charge in [0, 0.05) is 18.0 Å². The fourth-order valence-corrected chi connectivity index (χ4v) is 1.08. The highest BCUT2D eigenvalue weighted by Crippen LogP contribution is 2.16. The monoisotopic (exact) mass is 196 g/mol. The standard InChI is InChI=1S/C9H12N2O3/c1-5-2-6(4-11-3-5)7(12)8(13)9(10)14/h2-4,7-8,12-13H,1H3,(H2,10,14). The van der Waals surface area contributed by atoms with Crippen LogP contribution in [0, 0.1) is 6.92 Å². The Morgan fingerprint density at radius 1 is 1.50 bits per heavy atom. The molecule has 1 aromatic heterocycles. The molecular formula is C9H12N2O3. The summed E-state index contributed by atoms with van der Waals surface area (Å²) in [4.78, 5) is 14.4. The van der Waals surface area contributed by atoms with Gasteiger partial charge in [-0.05, 0) is 12.5 Å². The van der Waals surface area contributed by atoms with Gasteiger partial charge in [0.05, 0.1) is 0 Å². The molecule has 5 nitrogen and oxygen atoms in total. The zero-order valence-corrected chi connectivity index (χ0v) is 7.71. The van der Waals surface area contributed by atoms with E-state index in [2.05, 4.69) is 4.98 Å². The number of aliphatic hydroxyl groups excluding tert-OH is 2. The Kier molecular flexibility index (Phi) is 3.16. The van der Waals surface area contributed by atoms with Gasteiger partial charge in [-0.1, -0.05) is 6.07 Å². The van der Waals surface area contributed by atoms with Crippen LogP contribution in [0.4, 0.5) is 0 Å². The van der Waals surface area contributed by atoms with Gasteiger partial charge < -0.3 is 15.9 Å². The lowest BCUT2D eigenvalue weighted by atomic mass is 10.0. The Balaban J connectivity index is 2.89. The van der Waals surface area contributed by atoms with Gasteiger partial charge in [0.1, 0.15) is 6.10 Å².